The Morgan fingerprint density at radius 1 is 0.974 bits per heavy atom. The van der Waals surface area contributed by atoms with Crippen LogP contribution in [0.1, 0.15) is 21.5 Å². The summed E-state index contributed by atoms with van der Waals surface area (Å²) < 4.78 is 16.5. The number of nitrogens with one attached hydrogen (secondary N) is 2. The van der Waals surface area contributed by atoms with E-state index in [0.29, 0.717) is 51.4 Å². The second-order valence-electron chi connectivity index (χ2n) is 9.41. The van der Waals surface area contributed by atoms with Crippen LogP contribution >= 0.6 is 0 Å². The number of aromatic amines is 1. The number of aromatic nitrogens is 2. The van der Waals surface area contributed by atoms with E-state index in [-0.39, 0.29) is 12.5 Å². The predicted octanol–water partition coefficient (Wildman–Crippen LogP) is 5.05. The zero-order chi connectivity index (χ0) is 27.5. The van der Waals surface area contributed by atoms with Crippen LogP contribution in [0, 0.1) is 6.92 Å². The molecule has 0 bridgehead atoms. The number of H-pyrrole nitrogens is 1. The topological polar surface area (TPSA) is 106 Å². The molecule has 3 aromatic carbocycles. The van der Waals surface area contributed by atoms with E-state index < -0.39 is 6.04 Å². The van der Waals surface area contributed by atoms with Crippen molar-refractivity contribution >= 4 is 27.7 Å². The highest BCUT2D eigenvalue weighted by molar-refractivity contribution is 6.07. The molecule has 8 nitrogen and oxygen atoms in total. The summed E-state index contributed by atoms with van der Waals surface area (Å²) in [6, 6.07) is 18.6. The highest BCUT2D eigenvalue weighted by atomic mass is 16.5. The van der Waals surface area contributed by atoms with Crippen molar-refractivity contribution in [3.8, 4) is 28.5 Å². The Bertz CT molecular complexity index is 1630. The minimum absolute atomic E-state index is 0.201. The number of nitrogens with zero attached hydrogens (tertiary/aromatic N) is 1. The molecule has 2 aromatic heterocycles. The van der Waals surface area contributed by atoms with Crippen molar-refractivity contribution < 1.29 is 24.1 Å². The number of benzene rings is 3. The summed E-state index contributed by atoms with van der Waals surface area (Å²) >= 11 is 0. The van der Waals surface area contributed by atoms with Crippen LogP contribution in [0.3, 0.4) is 0 Å². The van der Waals surface area contributed by atoms with Crippen molar-refractivity contribution in [1.82, 2.24) is 15.3 Å². The maximum absolute atomic E-state index is 13.7. The van der Waals surface area contributed by atoms with Gasteiger partial charge in [0, 0.05) is 28.0 Å². The molecule has 0 saturated carbocycles. The van der Waals surface area contributed by atoms with Crippen LogP contribution < -0.4 is 19.5 Å². The smallest absolute Gasteiger partial charge is 0.252 e. The molecule has 0 aliphatic rings. The molecule has 39 heavy (non-hydrogen) atoms. The summed E-state index contributed by atoms with van der Waals surface area (Å²) in [4.78, 5) is 21.8. The second kappa shape index (κ2) is 11.0. The summed E-state index contributed by atoms with van der Waals surface area (Å²) in [5.74, 6) is 1.15. The zero-order valence-electron chi connectivity index (χ0n) is 22.4. The van der Waals surface area contributed by atoms with E-state index in [1.165, 1.54) is 0 Å². The van der Waals surface area contributed by atoms with Crippen molar-refractivity contribution in [2.24, 2.45) is 0 Å². The number of methoxy groups -OCH3 is 3. The SMILES string of the molecule is COc1cc(-c2cc(C(=O)N[C@H](CO)Cc3c[nH]c4ccc(C)cc34)c3ccccc3n2)cc(OC)c1OC. The molecule has 0 fully saturated rings. The molecule has 2 heterocycles. The summed E-state index contributed by atoms with van der Waals surface area (Å²) in [5, 5.41) is 15.0. The van der Waals surface area contributed by atoms with E-state index in [9.17, 15) is 9.90 Å². The van der Waals surface area contributed by atoms with Gasteiger partial charge in [-0.05, 0) is 55.3 Å². The van der Waals surface area contributed by atoms with Gasteiger partial charge in [-0.15, -0.1) is 0 Å². The van der Waals surface area contributed by atoms with Gasteiger partial charge in [-0.2, -0.15) is 0 Å². The minimum Gasteiger partial charge on any atom is -0.493 e. The van der Waals surface area contributed by atoms with Gasteiger partial charge in [0.2, 0.25) is 5.75 Å². The number of ether oxygens (including phenoxy) is 3. The number of amides is 1. The van der Waals surface area contributed by atoms with E-state index in [2.05, 4.69) is 16.4 Å². The van der Waals surface area contributed by atoms with E-state index in [4.69, 9.17) is 19.2 Å². The van der Waals surface area contributed by atoms with Crippen molar-refractivity contribution in [2.45, 2.75) is 19.4 Å². The van der Waals surface area contributed by atoms with Crippen LogP contribution in [0.4, 0.5) is 0 Å². The maximum atomic E-state index is 13.7. The molecule has 1 amide bonds. The predicted molar refractivity (Wildman–Crippen MR) is 152 cm³/mol. The number of fused-ring (bicyclic) bond motifs is 2. The Morgan fingerprint density at radius 3 is 2.41 bits per heavy atom. The first-order valence-electron chi connectivity index (χ1n) is 12.6. The standard InChI is InChI=1S/C31H31N3O5/c1-18-9-10-25-23(11-18)20(16-32-25)12-21(17-35)33-31(36)24-15-27(34-26-8-6-5-7-22(24)26)19-13-28(37-2)30(39-4)29(14-19)38-3/h5-11,13-16,21,32,35H,12,17H2,1-4H3,(H,33,36)/t21-/m0/s1. The van der Waals surface area contributed by atoms with E-state index >= 15 is 0 Å². The third kappa shape index (κ3) is 5.11. The average Bonchev–Trinajstić information content (AvgIpc) is 3.36. The van der Waals surface area contributed by atoms with Gasteiger partial charge in [0.25, 0.3) is 5.91 Å². The minimum atomic E-state index is -0.478. The highest BCUT2D eigenvalue weighted by Gasteiger charge is 2.21. The highest BCUT2D eigenvalue weighted by Crippen LogP contribution is 2.41. The van der Waals surface area contributed by atoms with E-state index in [1.807, 2.05) is 49.5 Å². The number of para-hydroxylation sites is 1. The lowest BCUT2D eigenvalue weighted by Gasteiger charge is -2.18. The molecule has 0 radical (unpaired) electrons. The van der Waals surface area contributed by atoms with Crippen LogP contribution in [0.2, 0.25) is 0 Å². The molecule has 0 aliphatic heterocycles. The van der Waals surface area contributed by atoms with Gasteiger partial charge in [-0.3, -0.25) is 4.79 Å². The molecule has 1 atom stereocenters. The number of hydrogen-bond acceptors (Lipinski definition) is 6. The Hall–Kier alpha value is -4.56. The summed E-state index contributed by atoms with van der Waals surface area (Å²) in [5.41, 5.74) is 5.61. The summed E-state index contributed by atoms with van der Waals surface area (Å²) in [6.45, 7) is 1.84. The number of carbonyl (C=O) groups is 1. The van der Waals surface area contributed by atoms with Gasteiger partial charge < -0.3 is 29.6 Å². The first kappa shape index (κ1) is 26.1. The fourth-order valence-electron chi connectivity index (χ4n) is 4.89. The van der Waals surface area contributed by atoms with Gasteiger partial charge in [0.05, 0.1) is 50.8 Å². The fourth-order valence-corrected chi connectivity index (χ4v) is 4.89. The van der Waals surface area contributed by atoms with Gasteiger partial charge >= 0.3 is 0 Å². The monoisotopic (exact) mass is 525 g/mol. The Balaban J connectivity index is 1.51. The number of pyridine rings is 1. The molecular weight excluding hydrogens is 494 g/mol. The van der Waals surface area contributed by atoms with E-state index in [0.717, 1.165) is 22.0 Å². The lowest BCUT2D eigenvalue weighted by atomic mass is 10.0. The van der Waals surface area contributed by atoms with Gasteiger partial charge in [-0.25, -0.2) is 4.98 Å². The molecular formula is C31H31N3O5. The number of carbonyl (C=O) groups excluding carboxylic acids is 1. The Morgan fingerprint density at radius 2 is 1.72 bits per heavy atom. The Kier molecular flexibility index (Phi) is 7.38. The second-order valence-corrected chi connectivity index (χ2v) is 9.41. The largest absolute Gasteiger partial charge is 0.493 e. The molecule has 8 heteroatoms. The number of aliphatic hydroxyl groups is 1. The molecule has 0 unspecified atom stereocenters. The molecule has 5 aromatic rings. The molecule has 200 valence electrons. The summed E-state index contributed by atoms with van der Waals surface area (Å²) in [6.07, 6.45) is 2.41. The lowest BCUT2D eigenvalue weighted by molar-refractivity contribution is 0.0918. The van der Waals surface area contributed by atoms with Gasteiger partial charge in [0.15, 0.2) is 11.5 Å². The van der Waals surface area contributed by atoms with Crippen LogP contribution in [0.15, 0.2) is 66.9 Å². The van der Waals surface area contributed by atoms with E-state index in [1.54, 1.807) is 39.5 Å². The molecule has 0 saturated heterocycles. The van der Waals surface area contributed by atoms with Gasteiger partial charge in [-0.1, -0.05) is 29.8 Å². The number of aliphatic hydroxyl groups excluding tert-OH is 1. The first-order chi connectivity index (χ1) is 18.9. The van der Waals surface area contributed by atoms with Crippen molar-refractivity contribution in [2.75, 3.05) is 27.9 Å². The Labute approximate surface area is 226 Å². The number of rotatable bonds is 9. The normalized spacial score (nSPS) is 11.9. The molecule has 0 spiro atoms. The van der Waals surface area contributed by atoms with Crippen molar-refractivity contribution in [3.05, 3.63) is 83.6 Å². The van der Waals surface area contributed by atoms with Crippen LogP contribution in [-0.4, -0.2) is 55.0 Å². The lowest BCUT2D eigenvalue weighted by Crippen LogP contribution is -2.39. The van der Waals surface area contributed by atoms with Gasteiger partial charge in [0.1, 0.15) is 0 Å². The third-order valence-electron chi connectivity index (χ3n) is 6.87. The third-order valence-corrected chi connectivity index (χ3v) is 6.87. The maximum Gasteiger partial charge on any atom is 0.252 e. The number of aryl methyl sites for hydroxylation is 1. The van der Waals surface area contributed by atoms with Crippen LogP contribution in [0.25, 0.3) is 33.1 Å². The average molecular weight is 526 g/mol. The summed E-state index contributed by atoms with van der Waals surface area (Å²) in [7, 11) is 4.65. The van der Waals surface area contributed by atoms with Crippen LogP contribution in [-0.2, 0) is 6.42 Å². The molecule has 3 N–H and O–H groups in total. The number of hydrogen-bond donors (Lipinski definition) is 3. The quantitative estimate of drug-likeness (QED) is 0.249. The van der Waals surface area contributed by atoms with Crippen molar-refractivity contribution in [3.63, 3.8) is 0 Å². The molecule has 5 rings (SSSR count). The fraction of sp³-hybridized carbons (Fsp3) is 0.226. The molecule has 0 aliphatic carbocycles. The van der Waals surface area contributed by atoms with Crippen molar-refractivity contribution in [1.29, 1.82) is 0 Å². The first-order valence-corrected chi connectivity index (χ1v) is 12.6. The zero-order valence-corrected chi connectivity index (χ0v) is 22.4. The van der Waals surface area contributed by atoms with Crippen LogP contribution in [0.5, 0.6) is 17.2 Å².